The van der Waals surface area contributed by atoms with Gasteiger partial charge in [-0.15, -0.1) is 11.3 Å². The van der Waals surface area contributed by atoms with Gasteiger partial charge in [0.25, 0.3) is 5.91 Å². The van der Waals surface area contributed by atoms with E-state index in [9.17, 15) is 9.59 Å². The second-order valence-corrected chi connectivity index (χ2v) is 9.25. The van der Waals surface area contributed by atoms with Gasteiger partial charge in [0.05, 0.1) is 28.2 Å². The zero-order valence-corrected chi connectivity index (χ0v) is 21.3. The van der Waals surface area contributed by atoms with Crippen LogP contribution in [0.2, 0.25) is 5.02 Å². The van der Waals surface area contributed by atoms with Gasteiger partial charge in [0.1, 0.15) is 18.2 Å². The lowest BCUT2D eigenvalue weighted by molar-refractivity contribution is 0.102. The number of pyridine rings is 1. The molecule has 37 heavy (non-hydrogen) atoms. The van der Waals surface area contributed by atoms with Crippen LogP contribution in [0.4, 0.5) is 22.0 Å². The number of amides is 2. The van der Waals surface area contributed by atoms with Crippen molar-refractivity contribution >= 4 is 62.2 Å². The zero-order valence-electron chi connectivity index (χ0n) is 19.7. The highest BCUT2D eigenvalue weighted by molar-refractivity contribution is 7.17. The molecule has 2 aromatic heterocycles. The lowest BCUT2D eigenvalue weighted by Gasteiger charge is -2.13. The van der Waals surface area contributed by atoms with Crippen molar-refractivity contribution in [3.05, 3.63) is 69.7 Å². The summed E-state index contributed by atoms with van der Waals surface area (Å²) in [5, 5.41) is 17.6. The molecule has 0 spiro atoms. The molecule has 0 aliphatic heterocycles. The number of carbonyl (C=O) groups excluding carboxylic acids is 2. The maximum Gasteiger partial charge on any atom is 0.410 e. The van der Waals surface area contributed by atoms with Crippen LogP contribution in [0.25, 0.3) is 10.1 Å². The van der Waals surface area contributed by atoms with Gasteiger partial charge in [0.2, 0.25) is 0 Å². The molecule has 0 aliphatic carbocycles. The van der Waals surface area contributed by atoms with Crippen LogP contribution in [-0.4, -0.2) is 35.2 Å². The van der Waals surface area contributed by atoms with Crippen LogP contribution in [0.5, 0.6) is 11.5 Å². The molecule has 0 bridgehead atoms. The number of nitrogens with zero attached hydrogens (tertiary/aromatic N) is 1. The largest absolute Gasteiger partial charge is 0.489 e. The molecular weight excluding hydrogens is 518 g/mol. The fourth-order valence-electron chi connectivity index (χ4n) is 3.58. The van der Waals surface area contributed by atoms with Crippen LogP contribution < -0.4 is 31.6 Å². The van der Waals surface area contributed by atoms with E-state index in [1.807, 2.05) is 18.4 Å². The number of carbonyl (C=O) groups is 2. The minimum atomic E-state index is -0.940. The Bertz CT molecular complexity index is 1480. The molecular formula is C25H24ClN5O5S. The SMILES string of the molecule is Cc1ccc(NC(=O)c2ccc(NCCO)c(Cl)c2)cc1OCc1csc2c(OC(N)=O)cnc(N)c12. The third-order valence-corrected chi connectivity index (χ3v) is 6.72. The van der Waals surface area contributed by atoms with Gasteiger partial charge < -0.3 is 36.7 Å². The van der Waals surface area contributed by atoms with Crippen LogP contribution in [-0.2, 0) is 6.61 Å². The van der Waals surface area contributed by atoms with Crippen molar-refractivity contribution in [2.45, 2.75) is 13.5 Å². The van der Waals surface area contributed by atoms with E-state index in [0.717, 1.165) is 11.1 Å². The molecule has 7 N–H and O–H groups in total. The molecule has 192 valence electrons. The van der Waals surface area contributed by atoms with E-state index >= 15 is 0 Å². The van der Waals surface area contributed by atoms with E-state index in [1.54, 1.807) is 30.3 Å². The first-order valence-corrected chi connectivity index (χ1v) is 12.3. The molecule has 0 aliphatic rings. The minimum Gasteiger partial charge on any atom is -0.489 e. The van der Waals surface area contributed by atoms with E-state index in [0.29, 0.717) is 44.3 Å². The van der Waals surface area contributed by atoms with Gasteiger partial charge in [0.15, 0.2) is 5.75 Å². The molecule has 0 radical (unpaired) electrons. The molecule has 0 saturated heterocycles. The minimum absolute atomic E-state index is 0.0337. The van der Waals surface area contributed by atoms with E-state index in [1.165, 1.54) is 17.5 Å². The number of anilines is 3. The Morgan fingerprint density at radius 1 is 1.19 bits per heavy atom. The second-order valence-electron chi connectivity index (χ2n) is 7.96. The number of aromatic nitrogens is 1. The van der Waals surface area contributed by atoms with Crippen LogP contribution in [0.3, 0.4) is 0 Å². The van der Waals surface area contributed by atoms with E-state index in [4.69, 9.17) is 37.6 Å². The van der Waals surface area contributed by atoms with Crippen molar-refractivity contribution in [3.8, 4) is 11.5 Å². The smallest absolute Gasteiger partial charge is 0.410 e. The molecule has 0 atom stereocenters. The Balaban J connectivity index is 1.49. The molecule has 10 nitrogen and oxygen atoms in total. The number of aliphatic hydroxyl groups excluding tert-OH is 1. The molecule has 0 fully saturated rings. The maximum absolute atomic E-state index is 12.8. The summed E-state index contributed by atoms with van der Waals surface area (Å²) in [5.74, 6) is 0.733. The van der Waals surface area contributed by atoms with Crippen LogP contribution in [0.15, 0.2) is 48.0 Å². The molecule has 0 saturated carbocycles. The zero-order chi connectivity index (χ0) is 26.5. The third-order valence-electron chi connectivity index (χ3n) is 5.37. The Labute approximate surface area is 221 Å². The second kappa shape index (κ2) is 11.3. The number of hydrogen-bond donors (Lipinski definition) is 5. The fourth-order valence-corrected chi connectivity index (χ4v) is 4.83. The number of benzene rings is 2. The monoisotopic (exact) mass is 541 g/mol. The number of aliphatic hydroxyl groups is 1. The fraction of sp³-hybridized carbons (Fsp3) is 0.160. The molecule has 2 amide bonds. The summed E-state index contributed by atoms with van der Waals surface area (Å²) in [7, 11) is 0. The normalized spacial score (nSPS) is 10.8. The van der Waals surface area contributed by atoms with Gasteiger partial charge in [-0.05, 0) is 42.1 Å². The van der Waals surface area contributed by atoms with Crippen molar-refractivity contribution in [1.29, 1.82) is 0 Å². The molecule has 4 rings (SSSR count). The van der Waals surface area contributed by atoms with Crippen LogP contribution >= 0.6 is 22.9 Å². The predicted octanol–water partition coefficient (Wildman–Crippen LogP) is 4.53. The lowest BCUT2D eigenvalue weighted by atomic mass is 10.1. The molecule has 2 heterocycles. The van der Waals surface area contributed by atoms with Crippen molar-refractivity contribution < 1.29 is 24.2 Å². The Kier molecular flexibility index (Phi) is 7.97. The molecule has 4 aromatic rings. The summed E-state index contributed by atoms with van der Waals surface area (Å²) in [6.07, 6.45) is 0.414. The van der Waals surface area contributed by atoms with E-state index in [-0.39, 0.29) is 30.7 Å². The van der Waals surface area contributed by atoms with Crippen molar-refractivity contribution in [3.63, 3.8) is 0 Å². The van der Waals surface area contributed by atoms with Gasteiger partial charge in [-0.25, -0.2) is 9.78 Å². The van der Waals surface area contributed by atoms with Crippen molar-refractivity contribution in [2.24, 2.45) is 5.73 Å². The van der Waals surface area contributed by atoms with Crippen molar-refractivity contribution in [1.82, 2.24) is 4.98 Å². The van der Waals surface area contributed by atoms with E-state index in [2.05, 4.69) is 15.6 Å². The highest BCUT2D eigenvalue weighted by Crippen LogP contribution is 2.37. The number of nitrogens with two attached hydrogens (primary N) is 2. The van der Waals surface area contributed by atoms with Gasteiger partial charge in [-0.2, -0.15) is 0 Å². The number of thiophene rings is 1. The third kappa shape index (κ3) is 6.02. The van der Waals surface area contributed by atoms with Gasteiger partial charge in [0, 0.05) is 34.8 Å². The van der Waals surface area contributed by atoms with Gasteiger partial charge >= 0.3 is 6.09 Å². The molecule has 12 heteroatoms. The number of rotatable bonds is 9. The Morgan fingerprint density at radius 2 is 2.00 bits per heavy atom. The van der Waals surface area contributed by atoms with Gasteiger partial charge in [-0.1, -0.05) is 17.7 Å². The number of ether oxygens (including phenoxy) is 2. The molecule has 0 unspecified atom stereocenters. The summed E-state index contributed by atoms with van der Waals surface area (Å²) >= 11 is 7.58. The number of aryl methyl sites for hydroxylation is 1. The summed E-state index contributed by atoms with van der Waals surface area (Å²) < 4.78 is 11.7. The topological polar surface area (TPSA) is 162 Å². The quantitative estimate of drug-likeness (QED) is 0.206. The molecule has 2 aromatic carbocycles. The summed E-state index contributed by atoms with van der Waals surface area (Å²) in [6, 6.07) is 10.2. The summed E-state index contributed by atoms with van der Waals surface area (Å²) in [4.78, 5) is 28.1. The highest BCUT2D eigenvalue weighted by Gasteiger charge is 2.16. The Hall–Kier alpha value is -4.06. The number of hydrogen-bond acceptors (Lipinski definition) is 9. The predicted molar refractivity (Wildman–Crippen MR) is 145 cm³/mol. The standard InChI is InChI=1S/C25H24ClN5O5S/c1-13-2-4-16(31-24(33)14-3-5-18(17(26)8-14)29-6-7-32)9-19(13)35-11-15-12-37-22-20(36-25(28)34)10-30-23(27)21(15)22/h2-5,8-10,12,29,32H,6-7,11H2,1H3,(H2,27,30)(H2,28,34)(H,31,33). The summed E-state index contributed by atoms with van der Waals surface area (Å²) in [6.45, 7) is 2.37. The number of halogens is 1. The lowest BCUT2D eigenvalue weighted by Crippen LogP contribution is -2.16. The van der Waals surface area contributed by atoms with Gasteiger partial charge in [-0.3, -0.25) is 4.79 Å². The number of primary amides is 1. The number of nitrogen functional groups attached to an aromatic ring is 1. The maximum atomic E-state index is 12.8. The number of nitrogens with one attached hydrogen (secondary N) is 2. The first-order valence-electron chi connectivity index (χ1n) is 11.1. The van der Waals surface area contributed by atoms with Crippen LogP contribution in [0, 0.1) is 6.92 Å². The highest BCUT2D eigenvalue weighted by atomic mass is 35.5. The summed E-state index contributed by atoms with van der Waals surface area (Å²) in [5.41, 5.74) is 14.4. The number of fused-ring (bicyclic) bond motifs is 1. The van der Waals surface area contributed by atoms with Crippen molar-refractivity contribution in [2.75, 3.05) is 29.5 Å². The van der Waals surface area contributed by atoms with Crippen LogP contribution in [0.1, 0.15) is 21.5 Å². The Morgan fingerprint density at radius 3 is 2.73 bits per heavy atom. The average Bonchev–Trinajstić information content (AvgIpc) is 3.30. The first kappa shape index (κ1) is 26.0. The van der Waals surface area contributed by atoms with E-state index < -0.39 is 6.09 Å². The first-order chi connectivity index (χ1) is 17.8. The average molecular weight is 542 g/mol.